The molecule has 4 N–H and O–H groups in total. The standard InChI is InChI=1S/C13H21N5O/c1-2-11-12(17-14)15-7-16-13(11)18-8-3-4-9(18)6-10(19)5-8/h7-10,19H,2-6,14H2,1H3,(H,15,16,17). The van der Waals surface area contributed by atoms with Crippen molar-refractivity contribution >= 4 is 11.6 Å². The van der Waals surface area contributed by atoms with Gasteiger partial charge in [0.25, 0.3) is 0 Å². The highest BCUT2D eigenvalue weighted by Crippen LogP contribution is 2.40. The van der Waals surface area contributed by atoms with Crippen molar-refractivity contribution in [2.75, 3.05) is 10.3 Å². The van der Waals surface area contributed by atoms with Gasteiger partial charge >= 0.3 is 0 Å². The third-order valence-electron chi connectivity index (χ3n) is 4.37. The third kappa shape index (κ3) is 2.04. The lowest BCUT2D eigenvalue weighted by molar-refractivity contribution is 0.126. The van der Waals surface area contributed by atoms with Crippen LogP contribution in [0.1, 0.15) is 38.2 Å². The Balaban J connectivity index is 1.99. The molecule has 1 aromatic rings. The Morgan fingerprint density at radius 2 is 2.05 bits per heavy atom. The van der Waals surface area contributed by atoms with Gasteiger partial charge in [0.1, 0.15) is 18.0 Å². The monoisotopic (exact) mass is 263 g/mol. The molecule has 2 bridgehead atoms. The van der Waals surface area contributed by atoms with Crippen molar-refractivity contribution in [3.05, 3.63) is 11.9 Å². The lowest BCUT2D eigenvalue weighted by Gasteiger charge is -2.39. The summed E-state index contributed by atoms with van der Waals surface area (Å²) in [5.41, 5.74) is 3.73. The number of rotatable bonds is 3. The molecule has 3 rings (SSSR count). The van der Waals surface area contributed by atoms with Gasteiger partial charge in [-0.05, 0) is 32.1 Å². The van der Waals surface area contributed by atoms with Crippen molar-refractivity contribution in [2.45, 2.75) is 57.2 Å². The molecule has 0 amide bonds. The number of aromatic nitrogens is 2. The van der Waals surface area contributed by atoms with E-state index in [4.69, 9.17) is 5.84 Å². The maximum absolute atomic E-state index is 9.89. The quantitative estimate of drug-likeness (QED) is 0.553. The zero-order chi connectivity index (χ0) is 13.4. The van der Waals surface area contributed by atoms with Crippen LogP contribution >= 0.6 is 0 Å². The molecule has 6 nitrogen and oxygen atoms in total. The second kappa shape index (κ2) is 4.94. The first-order valence-corrected chi connectivity index (χ1v) is 7.01. The van der Waals surface area contributed by atoms with Gasteiger partial charge in [-0.15, -0.1) is 0 Å². The Bertz CT molecular complexity index is 452. The van der Waals surface area contributed by atoms with Gasteiger partial charge in [-0.25, -0.2) is 15.8 Å². The van der Waals surface area contributed by atoms with Crippen LogP contribution in [0, 0.1) is 0 Å². The Morgan fingerprint density at radius 3 is 2.63 bits per heavy atom. The number of piperidine rings is 1. The van der Waals surface area contributed by atoms with Crippen molar-refractivity contribution in [3.63, 3.8) is 0 Å². The summed E-state index contributed by atoms with van der Waals surface area (Å²) in [4.78, 5) is 11.1. The molecule has 0 aliphatic carbocycles. The minimum absolute atomic E-state index is 0.159. The Labute approximate surface area is 113 Å². The fourth-order valence-electron chi connectivity index (χ4n) is 3.57. The van der Waals surface area contributed by atoms with E-state index in [0.29, 0.717) is 17.9 Å². The van der Waals surface area contributed by atoms with Gasteiger partial charge in [-0.1, -0.05) is 6.92 Å². The highest BCUT2D eigenvalue weighted by atomic mass is 16.3. The molecule has 2 aliphatic heterocycles. The van der Waals surface area contributed by atoms with E-state index in [0.717, 1.165) is 43.5 Å². The van der Waals surface area contributed by atoms with Gasteiger partial charge in [-0.3, -0.25) is 0 Å². The van der Waals surface area contributed by atoms with Gasteiger partial charge in [0.2, 0.25) is 0 Å². The normalized spacial score (nSPS) is 29.6. The minimum atomic E-state index is -0.159. The van der Waals surface area contributed by atoms with E-state index < -0.39 is 0 Å². The van der Waals surface area contributed by atoms with Crippen LogP contribution in [0.4, 0.5) is 11.6 Å². The smallest absolute Gasteiger partial charge is 0.148 e. The molecule has 104 valence electrons. The van der Waals surface area contributed by atoms with Crippen LogP contribution in [0.2, 0.25) is 0 Å². The first-order valence-electron chi connectivity index (χ1n) is 7.01. The first kappa shape index (κ1) is 12.6. The summed E-state index contributed by atoms with van der Waals surface area (Å²) in [5.74, 6) is 7.23. The summed E-state index contributed by atoms with van der Waals surface area (Å²) >= 11 is 0. The van der Waals surface area contributed by atoms with Crippen LogP contribution in [0.25, 0.3) is 0 Å². The predicted molar refractivity (Wildman–Crippen MR) is 73.7 cm³/mol. The van der Waals surface area contributed by atoms with E-state index in [1.54, 1.807) is 6.33 Å². The molecule has 2 fully saturated rings. The molecule has 2 saturated heterocycles. The third-order valence-corrected chi connectivity index (χ3v) is 4.37. The summed E-state index contributed by atoms with van der Waals surface area (Å²) < 4.78 is 0. The molecule has 1 aromatic heterocycles. The molecule has 3 heterocycles. The summed E-state index contributed by atoms with van der Waals surface area (Å²) in [6.45, 7) is 2.09. The van der Waals surface area contributed by atoms with E-state index in [2.05, 4.69) is 27.2 Å². The first-order chi connectivity index (χ1) is 9.24. The van der Waals surface area contributed by atoms with Crippen molar-refractivity contribution in [1.82, 2.24) is 9.97 Å². The number of aliphatic hydroxyl groups is 1. The number of aliphatic hydroxyl groups excluding tert-OH is 1. The van der Waals surface area contributed by atoms with Gasteiger partial charge in [-0.2, -0.15) is 0 Å². The highest BCUT2D eigenvalue weighted by Gasteiger charge is 2.41. The summed E-state index contributed by atoms with van der Waals surface area (Å²) in [5, 5.41) is 9.89. The number of nitrogen functional groups attached to an aromatic ring is 1. The molecular weight excluding hydrogens is 242 g/mol. The molecule has 0 spiro atoms. The van der Waals surface area contributed by atoms with Crippen LogP contribution in [-0.4, -0.2) is 33.3 Å². The zero-order valence-corrected chi connectivity index (χ0v) is 11.2. The largest absolute Gasteiger partial charge is 0.393 e. The van der Waals surface area contributed by atoms with E-state index >= 15 is 0 Å². The molecule has 2 atom stereocenters. The number of nitrogens with zero attached hydrogens (tertiary/aromatic N) is 3. The number of fused-ring (bicyclic) bond motifs is 2. The van der Waals surface area contributed by atoms with E-state index in [1.165, 1.54) is 0 Å². The zero-order valence-electron chi connectivity index (χ0n) is 11.2. The molecule has 2 aliphatic rings. The maximum Gasteiger partial charge on any atom is 0.148 e. The van der Waals surface area contributed by atoms with Crippen molar-refractivity contribution in [1.29, 1.82) is 0 Å². The van der Waals surface area contributed by atoms with E-state index in [1.807, 2.05) is 0 Å². The van der Waals surface area contributed by atoms with Gasteiger partial charge < -0.3 is 15.4 Å². The van der Waals surface area contributed by atoms with Gasteiger partial charge in [0.05, 0.1) is 6.10 Å². The topological polar surface area (TPSA) is 87.3 Å². The number of hydrogen-bond donors (Lipinski definition) is 3. The fourth-order valence-corrected chi connectivity index (χ4v) is 3.57. The molecule has 0 aromatic carbocycles. The molecule has 0 saturated carbocycles. The van der Waals surface area contributed by atoms with E-state index in [-0.39, 0.29) is 6.10 Å². The SMILES string of the molecule is CCc1c(NN)ncnc1N1C2CCC1CC(O)C2. The predicted octanol–water partition coefficient (Wildman–Crippen LogP) is 0.817. The van der Waals surface area contributed by atoms with Crippen molar-refractivity contribution in [2.24, 2.45) is 5.84 Å². The lowest BCUT2D eigenvalue weighted by Crippen LogP contribution is -2.45. The van der Waals surface area contributed by atoms with Crippen LogP contribution in [-0.2, 0) is 6.42 Å². The second-order valence-electron chi connectivity index (χ2n) is 5.44. The summed E-state index contributed by atoms with van der Waals surface area (Å²) in [6.07, 6.45) is 6.21. The fraction of sp³-hybridized carbons (Fsp3) is 0.692. The minimum Gasteiger partial charge on any atom is -0.393 e. The van der Waals surface area contributed by atoms with Crippen molar-refractivity contribution in [3.8, 4) is 0 Å². The average molecular weight is 263 g/mol. The Kier molecular flexibility index (Phi) is 3.28. The van der Waals surface area contributed by atoms with E-state index in [9.17, 15) is 5.11 Å². The Morgan fingerprint density at radius 1 is 1.37 bits per heavy atom. The van der Waals surface area contributed by atoms with Crippen molar-refractivity contribution < 1.29 is 5.11 Å². The van der Waals surface area contributed by atoms with Crippen LogP contribution < -0.4 is 16.2 Å². The Hall–Kier alpha value is -1.40. The number of nitrogens with one attached hydrogen (secondary N) is 1. The van der Waals surface area contributed by atoms with Gasteiger partial charge in [0, 0.05) is 17.6 Å². The highest BCUT2D eigenvalue weighted by molar-refractivity contribution is 5.60. The lowest BCUT2D eigenvalue weighted by atomic mass is 9.99. The van der Waals surface area contributed by atoms with Gasteiger partial charge in [0.15, 0.2) is 0 Å². The number of nitrogens with two attached hydrogens (primary N) is 1. The van der Waals surface area contributed by atoms with Crippen LogP contribution in [0.5, 0.6) is 0 Å². The summed E-state index contributed by atoms with van der Waals surface area (Å²) in [7, 11) is 0. The maximum atomic E-state index is 9.89. The molecule has 19 heavy (non-hydrogen) atoms. The van der Waals surface area contributed by atoms with Crippen LogP contribution in [0.15, 0.2) is 6.33 Å². The molecule has 2 unspecified atom stereocenters. The molecule has 6 heteroatoms. The molecular formula is C13H21N5O. The van der Waals surface area contributed by atoms with Crippen LogP contribution in [0.3, 0.4) is 0 Å². The molecule has 0 radical (unpaired) electrons. The number of hydrazine groups is 1. The summed E-state index contributed by atoms with van der Waals surface area (Å²) in [6, 6.07) is 0.805. The number of anilines is 2. The average Bonchev–Trinajstić information content (AvgIpc) is 2.69. The second-order valence-corrected chi connectivity index (χ2v) is 5.44. The number of hydrogen-bond acceptors (Lipinski definition) is 6.